The Balaban J connectivity index is 1.86. The van der Waals surface area contributed by atoms with Gasteiger partial charge in [0.2, 0.25) is 5.91 Å². The van der Waals surface area contributed by atoms with Crippen molar-refractivity contribution < 1.29 is 14.3 Å². The lowest BCUT2D eigenvalue weighted by Gasteiger charge is -2.31. The van der Waals surface area contributed by atoms with E-state index in [0.717, 1.165) is 30.6 Å². The minimum Gasteiger partial charge on any atom is -0.464 e. The van der Waals surface area contributed by atoms with Crippen molar-refractivity contribution in [1.29, 1.82) is 0 Å². The lowest BCUT2D eigenvalue weighted by atomic mass is 9.90. The van der Waals surface area contributed by atoms with E-state index in [4.69, 9.17) is 4.74 Å². The Kier molecular flexibility index (Phi) is 4.32. The summed E-state index contributed by atoms with van der Waals surface area (Å²) in [6.45, 7) is 2.57. The number of fused-ring (bicyclic) bond motifs is 2. The summed E-state index contributed by atoms with van der Waals surface area (Å²) in [6, 6.07) is 4.21. The predicted octanol–water partition coefficient (Wildman–Crippen LogP) is 2.28. The molecule has 1 heterocycles. The highest BCUT2D eigenvalue weighted by atomic mass is 16.5. The van der Waals surface area contributed by atoms with Crippen LogP contribution in [0.3, 0.4) is 0 Å². The number of hydrogen-bond donors (Lipinski definition) is 1. The van der Waals surface area contributed by atoms with Crippen LogP contribution in [0.1, 0.15) is 37.3 Å². The van der Waals surface area contributed by atoms with Crippen molar-refractivity contribution in [3.05, 3.63) is 23.3 Å². The first-order valence-electron chi connectivity index (χ1n) is 8.04. The number of anilines is 2. The van der Waals surface area contributed by atoms with Crippen molar-refractivity contribution in [2.24, 2.45) is 0 Å². The highest BCUT2D eigenvalue weighted by Crippen LogP contribution is 2.35. The Hall–Kier alpha value is -2.04. The molecule has 0 unspecified atom stereocenters. The summed E-state index contributed by atoms with van der Waals surface area (Å²) in [5.41, 5.74) is 4.42. The molecule has 0 saturated carbocycles. The van der Waals surface area contributed by atoms with Gasteiger partial charge in [0.05, 0.1) is 24.5 Å². The molecule has 0 bridgehead atoms. The molecule has 22 heavy (non-hydrogen) atoms. The van der Waals surface area contributed by atoms with Gasteiger partial charge in [-0.25, -0.2) is 0 Å². The van der Waals surface area contributed by atoms with Crippen LogP contribution in [0.25, 0.3) is 0 Å². The molecular weight excluding hydrogens is 280 g/mol. The second kappa shape index (κ2) is 6.38. The lowest BCUT2D eigenvalue weighted by molar-refractivity contribution is -0.142. The molecule has 3 rings (SSSR count). The third-order valence-electron chi connectivity index (χ3n) is 4.24. The summed E-state index contributed by atoms with van der Waals surface area (Å²) < 4.78 is 5.12. The number of benzene rings is 1. The van der Waals surface area contributed by atoms with Gasteiger partial charge in [0.25, 0.3) is 0 Å². The largest absolute Gasteiger partial charge is 0.464 e. The predicted molar refractivity (Wildman–Crippen MR) is 85.2 cm³/mol. The van der Waals surface area contributed by atoms with Crippen LogP contribution in [0.15, 0.2) is 12.1 Å². The van der Waals surface area contributed by atoms with E-state index in [0.29, 0.717) is 6.61 Å². The molecule has 0 saturated heterocycles. The second-order valence-corrected chi connectivity index (χ2v) is 5.90. The quantitative estimate of drug-likeness (QED) is 0.867. The molecule has 1 N–H and O–H groups in total. The fraction of sp³-hybridized carbons (Fsp3) is 0.529. The Labute approximate surface area is 130 Å². The maximum absolute atomic E-state index is 12.2. The molecule has 0 aromatic heterocycles. The van der Waals surface area contributed by atoms with Crippen LogP contribution in [0.2, 0.25) is 0 Å². The van der Waals surface area contributed by atoms with Crippen molar-refractivity contribution in [3.8, 4) is 0 Å². The maximum Gasteiger partial charge on any atom is 0.326 e. The van der Waals surface area contributed by atoms with Crippen LogP contribution in [0.5, 0.6) is 0 Å². The van der Waals surface area contributed by atoms with Gasteiger partial charge in [0, 0.05) is 0 Å². The summed E-state index contributed by atoms with van der Waals surface area (Å²) >= 11 is 0. The molecule has 0 fully saturated rings. The molecule has 2 aliphatic rings. The van der Waals surface area contributed by atoms with E-state index in [9.17, 15) is 9.59 Å². The fourth-order valence-electron chi connectivity index (χ4n) is 3.10. The second-order valence-electron chi connectivity index (χ2n) is 5.90. The van der Waals surface area contributed by atoms with Gasteiger partial charge in [-0.3, -0.25) is 14.5 Å². The summed E-state index contributed by atoms with van der Waals surface area (Å²) in [7, 11) is 0. The van der Waals surface area contributed by atoms with Gasteiger partial charge in [0.1, 0.15) is 6.54 Å². The van der Waals surface area contributed by atoms with Crippen molar-refractivity contribution in [2.45, 2.75) is 39.0 Å². The van der Waals surface area contributed by atoms with Crippen LogP contribution in [0.4, 0.5) is 11.4 Å². The van der Waals surface area contributed by atoms with Crippen molar-refractivity contribution >= 4 is 23.3 Å². The number of carbonyl (C=O) groups is 2. The van der Waals surface area contributed by atoms with Gasteiger partial charge in [-0.2, -0.15) is 0 Å². The van der Waals surface area contributed by atoms with Gasteiger partial charge >= 0.3 is 5.97 Å². The van der Waals surface area contributed by atoms with Crippen LogP contribution in [-0.2, 0) is 27.2 Å². The van der Waals surface area contributed by atoms with Gasteiger partial charge in [0.15, 0.2) is 0 Å². The lowest BCUT2D eigenvalue weighted by Crippen LogP contribution is -2.43. The van der Waals surface area contributed by atoms with E-state index in [1.54, 1.807) is 4.90 Å². The summed E-state index contributed by atoms with van der Waals surface area (Å²) in [4.78, 5) is 25.6. The zero-order valence-corrected chi connectivity index (χ0v) is 13.0. The van der Waals surface area contributed by atoms with E-state index in [1.165, 1.54) is 24.0 Å². The topological polar surface area (TPSA) is 58.6 Å². The number of nitrogens with one attached hydrogen (secondary N) is 1. The monoisotopic (exact) mass is 302 g/mol. The van der Waals surface area contributed by atoms with Crippen LogP contribution in [-0.4, -0.2) is 31.6 Å². The molecule has 1 aromatic carbocycles. The van der Waals surface area contributed by atoms with Crippen molar-refractivity contribution in [1.82, 2.24) is 0 Å². The van der Waals surface area contributed by atoms with Crippen LogP contribution < -0.4 is 10.2 Å². The first kappa shape index (κ1) is 14.9. The fourth-order valence-corrected chi connectivity index (χ4v) is 3.10. The van der Waals surface area contributed by atoms with Gasteiger partial charge < -0.3 is 10.1 Å². The number of rotatable bonds is 4. The van der Waals surface area contributed by atoms with E-state index in [1.807, 2.05) is 6.92 Å². The molecule has 1 aliphatic heterocycles. The van der Waals surface area contributed by atoms with E-state index in [2.05, 4.69) is 17.4 Å². The number of amides is 1. The molecule has 0 radical (unpaired) electrons. The average Bonchev–Trinajstić information content (AvgIpc) is 2.54. The highest BCUT2D eigenvalue weighted by molar-refractivity contribution is 6.05. The first-order valence-corrected chi connectivity index (χ1v) is 8.04. The Morgan fingerprint density at radius 2 is 2.00 bits per heavy atom. The minimum atomic E-state index is -0.347. The van der Waals surface area contributed by atoms with E-state index >= 15 is 0 Å². The Morgan fingerprint density at radius 1 is 1.27 bits per heavy atom. The Bertz CT molecular complexity index is 598. The summed E-state index contributed by atoms with van der Waals surface area (Å²) in [5.74, 6) is -0.433. The smallest absolute Gasteiger partial charge is 0.326 e. The number of aryl methyl sites for hydroxylation is 2. The van der Waals surface area contributed by atoms with Gasteiger partial charge in [-0.05, 0) is 55.4 Å². The molecule has 0 atom stereocenters. The number of carbonyl (C=O) groups excluding carboxylic acids is 2. The molecular formula is C17H22N2O3. The van der Waals surface area contributed by atoms with E-state index < -0.39 is 0 Å². The average molecular weight is 302 g/mol. The standard InChI is InChI=1S/C17H22N2O3/c1-2-7-22-17(21)11-19-15-9-13-6-4-3-5-12(13)8-14(15)18-10-16(19)20/h8-9,18H,2-7,10-11H2,1H3. The van der Waals surface area contributed by atoms with Crippen LogP contribution in [0, 0.1) is 0 Å². The molecule has 1 aromatic rings. The molecule has 5 heteroatoms. The molecule has 1 aliphatic carbocycles. The summed E-state index contributed by atoms with van der Waals surface area (Å²) in [6.07, 6.45) is 5.33. The van der Waals surface area contributed by atoms with Crippen LogP contribution >= 0.6 is 0 Å². The van der Waals surface area contributed by atoms with Crippen molar-refractivity contribution in [3.63, 3.8) is 0 Å². The van der Waals surface area contributed by atoms with Gasteiger partial charge in [-0.15, -0.1) is 0 Å². The third kappa shape index (κ3) is 2.93. The maximum atomic E-state index is 12.2. The number of ether oxygens (including phenoxy) is 1. The minimum absolute atomic E-state index is 0.00764. The van der Waals surface area contributed by atoms with Gasteiger partial charge in [-0.1, -0.05) is 6.92 Å². The normalized spacial score (nSPS) is 16.6. The third-order valence-corrected chi connectivity index (χ3v) is 4.24. The Morgan fingerprint density at radius 3 is 2.73 bits per heavy atom. The SMILES string of the molecule is CCCOC(=O)CN1C(=O)CNc2cc3c(cc21)CCCC3. The van der Waals surface area contributed by atoms with Crippen molar-refractivity contribution in [2.75, 3.05) is 29.9 Å². The molecule has 0 spiro atoms. The number of hydrogen-bond acceptors (Lipinski definition) is 4. The number of nitrogens with zero attached hydrogens (tertiary/aromatic N) is 1. The number of esters is 1. The highest BCUT2D eigenvalue weighted by Gasteiger charge is 2.28. The molecule has 1 amide bonds. The first-order chi connectivity index (χ1) is 10.7. The molecule has 118 valence electrons. The summed E-state index contributed by atoms with van der Waals surface area (Å²) in [5, 5.41) is 3.17. The van der Waals surface area contributed by atoms with E-state index in [-0.39, 0.29) is 25.0 Å². The zero-order valence-electron chi connectivity index (χ0n) is 13.0. The molecule has 5 nitrogen and oxygen atoms in total. The zero-order chi connectivity index (χ0) is 15.5.